The molecule has 0 aromatic rings. The number of amides is 2. The maximum Gasteiger partial charge on any atom is 0.155 e. The Morgan fingerprint density at radius 3 is 1.11 bits per heavy atom. The zero-order valence-corrected chi connectivity index (χ0v) is 37.2. The van der Waals surface area contributed by atoms with Gasteiger partial charge in [-0.05, 0) is 57.4 Å². The molecule has 12 heteroatoms. The van der Waals surface area contributed by atoms with Gasteiger partial charge in [-0.3, -0.25) is 9.79 Å². The fraction of sp³-hybridized carbons (Fsp3) is 0.906. The summed E-state index contributed by atoms with van der Waals surface area (Å²) in [6.07, 6.45) is 0. The molecule has 9 nitrogen and oxygen atoms in total. The van der Waals surface area contributed by atoms with Gasteiger partial charge in [0.05, 0.1) is 5.84 Å². The van der Waals surface area contributed by atoms with Crippen molar-refractivity contribution in [2.45, 2.75) is 90.0 Å². The Morgan fingerprint density at radius 1 is 0.568 bits per heavy atom. The first-order valence-electron chi connectivity index (χ1n) is 14.5. The van der Waals surface area contributed by atoms with E-state index in [2.05, 4.69) is 126 Å². The van der Waals surface area contributed by atoms with Crippen molar-refractivity contribution in [1.29, 1.82) is 0 Å². The van der Waals surface area contributed by atoms with E-state index in [4.69, 9.17) is 0 Å². The van der Waals surface area contributed by atoms with Gasteiger partial charge in [0.25, 0.3) is 0 Å². The number of carbonyl (C=O) groups is 1. The SMILES string of the molecule is CN=C(C)N(C)CC(C)(C)C.CN=C([N-]C)N(C)CC(C)(C)C.C[N-]C(=O)N(C)CC(C)(C)C.C[N-]CC(C)(C)C.[Rh].[Rh].[Rh]. The molecule has 0 aromatic carbocycles. The number of urea groups is 1. The van der Waals surface area contributed by atoms with E-state index >= 15 is 0 Å². The molecule has 0 spiro atoms. The van der Waals surface area contributed by atoms with Crippen LogP contribution in [0.2, 0.25) is 0 Å². The smallest absolute Gasteiger partial charge is 0.155 e. The van der Waals surface area contributed by atoms with Gasteiger partial charge in [-0.2, -0.15) is 7.05 Å². The van der Waals surface area contributed by atoms with Crippen molar-refractivity contribution < 1.29 is 63.2 Å². The van der Waals surface area contributed by atoms with Crippen molar-refractivity contribution in [2.75, 3.05) is 82.6 Å². The van der Waals surface area contributed by atoms with Gasteiger partial charge >= 0.3 is 0 Å². The number of carbonyl (C=O) groups excluding carboxylic acids is 1. The molecule has 0 fully saturated rings. The number of hydrogen-bond donors (Lipinski definition) is 0. The van der Waals surface area contributed by atoms with Crippen LogP contribution in [-0.2, 0) is 58.4 Å². The summed E-state index contributed by atoms with van der Waals surface area (Å²) in [6.45, 7) is 31.9. The zero-order valence-electron chi connectivity index (χ0n) is 32.3. The Labute approximate surface area is 314 Å². The van der Waals surface area contributed by atoms with Crippen LogP contribution in [0.3, 0.4) is 0 Å². The summed E-state index contributed by atoms with van der Waals surface area (Å²) in [5, 5.41) is 11.6. The average Bonchev–Trinajstić information content (AvgIpc) is 2.75. The van der Waals surface area contributed by atoms with Crippen molar-refractivity contribution in [2.24, 2.45) is 31.6 Å². The molecule has 0 aliphatic rings. The Bertz CT molecular complexity index is 736. The van der Waals surface area contributed by atoms with Gasteiger partial charge in [0.15, 0.2) is 6.03 Å². The molecule has 3 radical (unpaired) electrons. The summed E-state index contributed by atoms with van der Waals surface area (Å²) >= 11 is 0. The molecule has 44 heavy (non-hydrogen) atoms. The number of hydrogen-bond acceptors (Lipinski definition) is 3. The van der Waals surface area contributed by atoms with Crippen LogP contribution in [0, 0.1) is 21.7 Å². The second-order valence-corrected chi connectivity index (χ2v) is 15.3. The number of rotatable bonds is 4. The summed E-state index contributed by atoms with van der Waals surface area (Å²) in [6, 6.07) is -0.153. The summed E-state index contributed by atoms with van der Waals surface area (Å²) in [4.78, 5) is 25.0. The van der Waals surface area contributed by atoms with Gasteiger partial charge < -0.3 is 35.6 Å². The molecular formula is C32H71N8ORh3-3. The van der Waals surface area contributed by atoms with E-state index in [-0.39, 0.29) is 75.3 Å². The standard InChI is InChI=1S/C9H20N3.C9H20N2.C8H18N2O.C6H14N.3Rh/c1-9(2,3)7-12(6)8(10-4)11-5;1-8(10-5)11(6)7-9(2,3)4;1-8(2,3)6-10(5)7(11)9-4;1-6(2,3)5-7-4;;;/h7H2,1-6H3;7H2,1-6H3;6H2,1-5H3,(H,9,11);5H2,1-4H3;;;/q-1;;;-1;;;/p-1. The number of guanidine groups is 1. The second-order valence-electron chi connectivity index (χ2n) is 15.3. The summed E-state index contributed by atoms with van der Waals surface area (Å²) in [5.41, 5.74) is 1.17. The van der Waals surface area contributed by atoms with E-state index in [0.29, 0.717) is 10.8 Å². The van der Waals surface area contributed by atoms with Crippen LogP contribution in [0.25, 0.3) is 16.0 Å². The molecule has 0 aromatic heterocycles. The Morgan fingerprint density at radius 2 is 0.909 bits per heavy atom. The quantitative estimate of drug-likeness (QED) is 0.162. The molecule has 275 valence electrons. The molecular weight excluding hydrogens is 821 g/mol. The molecule has 0 heterocycles. The molecule has 2 amide bonds. The van der Waals surface area contributed by atoms with Crippen LogP contribution >= 0.6 is 0 Å². The third kappa shape index (κ3) is 46.3. The summed E-state index contributed by atoms with van der Waals surface area (Å²) < 4.78 is 0. The van der Waals surface area contributed by atoms with E-state index in [1.807, 2.05) is 28.1 Å². The number of nitrogens with zero attached hydrogens (tertiary/aromatic N) is 8. The fourth-order valence-corrected chi connectivity index (χ4v) is 3.64. The predicted octanol–water partition coefficient (Wildman–Crippen LogP) is 8.08. The Hall–Kier alpha value is -0.160. The second kappa shape index (κ2) is 29.0. The van der Waals surface area contributed by atoms with Crippen LogP contribution in [0.15, 0.2) is 9.98 Å². The topological polar surface area (TPSA) is 93.8 Å². The van der Waals surface area contributed by atoms with Gasteiger partial charge in [-0.1, -0.05) is 103 Å². The Balaban J connectivity index is -0.0000000823. The molecule has 0 rings (SSSR count). The van der Waals surface area contributed by atoms with Crippen molar-refractivity contribution >= 4 is 17.8 Å². The molecule has 0 bridgehead atoms. The van der Waals surface area contributed by atoms with Crippen LogP contribution in [0.4, 0.5) is 4.79 Å². The molecule has 0 saturated heterocycles. The maximum absolute atomic E-state index is 10.9. The van der Waals surface area contributed by atoms with Crippen molar-refractivity contribution in [1.82, 2.24) is 14.7 Å². The van der Waals surface area contributed by atoms with E-state index in [0.717, 1.165) is 38.0 Å². The van der Waals surface area contributed by atoms with Crippen LogP contribution < -0.4 is 0 Å². The minimum atomic E-state index is -0.153. The van der Waals surface area contributed by atoms with Crippen molar-refractivity contribution in [3.8, 4) is 0 Å². The first-order chi connectivity index (χ1) is 18.2. The molecule has 0 saturated carbocycles. The van der Waals surface area contributed by atoms with Crippen LogP contribution in [0.1, 0.15) is 90.0 Å². The minimum Gasteiger partial charge on any atom is -0.665 e. The molecule has 0 N–H and O–H groups in total. The van der Waals surface area contributed by atoms with Gasteiger partial charge in [-0.15, -0.1) is 6.54 Å². The van der Waals surface area contributed by atoms with Crippen molar-refractivity contribution in [3.05, 3.63) is 16.0 Å². The van der Waals surface area contributed by atoms with Crippen LogP contribution in [-0.4, -0.2) is 115 Å². The van der Waals surface area contributed by atoms with Gasteiger partial charge in [0.1, 0.15) is 0 Å². The third-order valence-corrected chi connectivity index (χ3v) is 4.90. The number of aliphatic imine (C=N–C) groups is 2. The van der Waals surface area contributed by atoms with E-state index in [1.165, 1.54) is 7.05 Å². The minimum absolute atomic E-state index is 0. The summed E-state index contributed by atoms with van der Waals surface area (Å²) in [7, 11) is 14.6. The predicted molar refractivity (Wildman–Crippen MR) is 186 cm³/mol. The third-order valence-electron chi connectivity index (χ3n) is 4.90. The van der Waals surface area contributed by atoms with E-state index in [1.54, 1.807) is 26.0 Å². The monoisotopic (exact) mass is 892 g/mol. The fourth-order valence-electron chi connectivity index (χ4n) is 3.64. The molecule has 0 aliphatic carbocycles. The molecule has 0 atom stereocenters. The van der Waals surface area contributed by atoms with Gasteiger partial charge in [0.2, 0.25) is 0 Å². The maximum atomic E-state index is 10.9. The Kier molecular flexibility index (Phi) is 39.1. The van der Waals surface area contributed by atoms with E-state index < -0.39 is 0 Å². The average molecular weight is 893 g/mol. The normalized spacial score (nSPS) is 11.6. The summed E-state index contributed by atoms with van der Waals surface area (Å²) in [5.74, 6) is 1.91. The van der Waals surface area contributed by atoms with Gasteiger partial charge in [-0.25, -0.2) is 0 Å². The first kappa shape index (κ1) is 59.3. The first-order valence-corrected chi connectivity index (χ1v) is 14.5. The van der Waals surface area contributed by atoms with E-state index in [9.17, 15) is 4.79 Å². The number of amidine groups is 1. The molecule has 0 unspecified atom stereocenters. The van der Waals surface area contributed by atoms with Crippen molar-refractivity contribution in [3.63, 3.8) is 0 Å². The van der Waals surface area contributed by atoms with Crippen LogP contribution in [0.5, 0.6) is 0 Å². The molecule has 0 aliphatic heterocycles. The van der Waals surface area contributed by atoms with Gasteiger partial charge in [0, 0.05) is 85.0 Å². The largest absolute Gasteiger partial charge is 0.665 e. The zero-order chi connectivity index (χ0) is 33.8.